The van der Waals surface area contributed by atoms with Crippen molar-refractivity contribution in [1.82, 2.24) is 20.2 Å². The summed E-state index contributed by atoms with van der Waals surface area (Å²) >= 11 is 0. The van der Waals surface area contributed by atoms with Crippen molar-refractivity contribution >= 4 is 17.8 Å². The second kappa shape index (κ2) is 8.60. The number of rotatable bonds is 4. The molecule has 2 amide bonds. The summed E-state index contributed by atoms with van der Waals surface area (Å²) in [6, 6.07) is 1.77. The van der Waals surface area contributed by atoms with Gasteiger partial charge >= 0.3 is 11.8 Å². The Morgan fingerprint density at radius 2 is 1.84 bits per heavy atom. The smallest absolute Gasteiger partial charge is 0.312 e. The summed E-state index contributed by atoms with van der Waals surface area (Å²) in [6.07, 6.45) is 11.3. The van der Waals surface area contributed by atoms with Gasteiger partial charge in [0.1, 0.15) is 0 Å². The maximum Gasteiger partial charge on any atom is 0.312 e. The second-order valence-electron chi connectivity index (χ2n) is 6.44. The Labute approximate surface area is 148 Å². The van der Waals surface area contributed by atoms with Gasteiger partial charge in [0.2, 0.25) is 5.95 Å². The first-order valence-electron chi connectivity index (χ1n) is 9.01. The lowest BCUT2D eigenvalue weighted by Gasteiger charge is -2.34. The minimum absolute atomic E-state index is 0.439. The minimum atomic E-state index is -0.499. The van der Waals surface area contributed by atoms with Crippen molar-refractivity contribution in [2.75, 3.05) is 37.6 Å². The molecule has 0 aromatic carbocycles. The van der Waals surface area contributed by atoms with E-state index in [2.05, 4.69) is 21.4 Å². The van der Waals surface area contributed by atoms with Crippen LogP contribution in [0.4, 0.5) is 5.95 Å². The molecule has 0 unspecified atom stereocenters. The van der Waals surface area contributed by atoms with E-state index in [9.17, 15) is 9.59 Å². The molecule has 0 saturated carbocycles. The number of allylic oxidation sites excluding steroid dienone is 1. The van der Waals surface area contributed by atoms with E-state index in [1.807, 2.05) is 4.90 Å². The molecule has 1 aromatic rings. The SMILES string of the molecule is O=C(NCCC1=CCCCC1)C(=O)N1CCN(c2ncccn2)CC1. The van der Waals surface area contributed by atoms with E-state index >= 15 is 0 Å². The number of anilines is 1. The molecule has 3 rings (SSSR count). The van der Waals surface area contributed by atoms with E-state index in [1.54, 1.807) is 23.4 Å². The fourth-order valence-electron chi connectivity index (χ4n) is 3.25. The van der Waals surface area contributed by atoms with E-state index in [0.717, 1.165) is 19.3 Å². The molecular weight excluding hydrogens is 318 g/mol. The molecule has 0 atom stereocenters. The number of hydrogen-bond acceptors (Lipinski definition) is 5. The summed E-state index contributed by atoms with van der Waals surface area (Å²) in [5.41, 5.74) is 1.40. The molecule has 25 heavy (non-hydrogen) atoms. The molecule has 0 radical (unpaired) electrons. The Hall–Kier alpha value is -2.44. The van der Waals surface area contributed by atoms with E-state index in [0.29, 0.717) is 38.7 Å². The third kappa shape index (κ3) is 4.78. The predicted molar refractivity (Wildman–Crippen MR) is 95.0 cm³/mol. The number of carbonyl (C=O) groups is 2. The molecule has 0 bridgehead atoms. The molecular formula is C18H25N5O2. The number of nitrogens with zero attached hydrogens (tertiary/aromatic N) is 4. The van der Waals surface area contributed by atoms with Crippen molar-refractivity contribution in [3.63, 3.8) is 0 Å². The van der Waals surface area contributed by atoms with Crippen LogP contribution in [-0.2, 0) is 9.59 Å². The Bertz CT molecular complexity index is 624. The molecule has 7 heteroatoms. The van der Waals surface area contributed by atoms with Gasteiger partial charge < -0.3 is 15.1 Å². The average molecular weight is 343 g/mol. The van der Waals surface area contributed by atoms with Crippen LogP contribution in [0.1, 0.15) is 32.1 Å². The summed E-state index contributed by atoms with van der Waals surface area (Å²) in [6.45, 7) is 2.82. The van der Waals surface area contributed by atoms with E-state index in [-0.39, 0.29) is 0 Å². The molecule has 134 valence electrons. The molecule has 1 aliphatic heterocycles. The van der Waals surface area contributed by atoms with Crippen LogP contribution in [-0.4, -0.2) is 59.4 Å². The van der Waals surface area contributed by atoms with Gasteiger partial charge in [-0.15, -0.1) is 0 Å². The number of hydrogen-bond donors (Lipinski definition) is 1. The van der Waals surface area contributed by atoms with Crippen molar-refractivity contribution in [1.29, 1.82) is 0 Å². The summed E-state index contributed by atoms with van der Waals surface area (Å²) < 4.78 is 0. The quantitative estimate of drug-likeness (QED) is 0.655. The predicted octanol–water partition coefficient (Wildman–Crippen LogP) is 1.13. The third-order valence-corrected chi connectivity index (χ3v) is 4.71. The Kier molecular flexibility index (Phi) is 5.98. The first-order valence-corrected chi connectivity index (χ1v) is 9.01. The fraction of sp³-hybridized carbons (Fsp3) is 0.556. The van der Waals surface area contributed by atoms with E-state index in [4.69, 9.17) is 0 Å². The number of nitrogens with one attached hydrogen (secondary N) is 1. The Balaban J connectivity index is 1.41. The zero-order valence-electron chi connectivity index (χ0n) is 14.5. The van der Waals surface area contributed by atoms with Crippen molar-refractivity contribution in [2.45, 2.75) is 32.1 Å². The summed E-state index contributed by atoms with van der Waals surface area (Å²) in [5, 5.41) is 2.76. The first-order chi connectivity index (χ1) is 12.2. The zero-order chi connectivity index (χ0) is 17.5. The van der Waals surface area contributed by atoms with Gasteiger partial charge in [0, 0.05) is 45.1 Å². The molecule has 1 aliphatic carbocycles. The van der Waals surface area contributed by atoms with E-state index in [1.165, 1.54) is 18.4 Å². The highest BCUT2D eigenvalue weighted by molar-refractivity contribution is 6.35. The van der Waals surface area contributed by atoms with Crippen molar-refractivity contribution in [3.8, 4) is 0 Å². The number of amides is 2. The number of aromatic nitrogens is 2. The Morgan fingerprint density at radius 1 is 1.08 bits per heavy atom. The van der Waals surface area contributed by atoms with Gasteiger partial charge in [0.05, 0.1) is 0 Å². The van der Waals surface area contributed by atoms with Crippen LogP contribution >= 0.6 is 0 Å². The van der Waals surface area contributed by atoms with Gasteiger partial charge in [0.15, 0.2) is 0 Å². The summed E-state index contributed by atoms with van der Waals surface area (Å²) in [7, 11) is 0. The minimum Gasteiger partial charge on any atom is -0.348 e. The maximum atomic E-state index is 12.3. The molecule has 1 aromatic heterocycles. The third-order valence-electron chi connectivity index (χ3n) is 4.71. The van der Waals surface area contributed by atoms with Gasteiger partial charge in [-0.05, 0) is 38.2 Å². The van der Waals surface area contributed by atoms with Gasteiger partial charge in [-0.2, -0.15) is 0 Å². The highest BCUT2D eigenvalue weighted by Crippen LogP contribution is 2.19. The lowest BCUT2D eigenvalue weighted by atomic mass is 9.97. The molecule has 1 fully saturated rings. The van der Waals surface area contributed by atoms with Crippen LogP contribution in [0.15, 0.2) is 30.1 Å². The largest absolute Gasteiger partial charge is 0.348 e. The highest BCUT2D eigenvalue weighted by atomic mass is 16.2. The van der Waals surface area contributed by atoms with Gasteiger partial charge in [-0.3, -0.25) is 9.59 Å². The van der Waals surface area contributed by atoms with Gasteiger partial charge in [-0.1, -0.05) is 11.6 Å². The molecule has 0 spiro atoms. The topological polar surface area (TPSA) is 78.4 Å². The highest BCUT2D eigenvalue weighted by Gasteiger charge is 2.26. The van der Waals surface area contributed by atoms with Crippen LogP contribution in [0.25, 0.3) is 0 Å². The van der Waals surface area contributed by atoms with Crippen LogP contribution < -0.4 is 10.2 Å². The molecule has 7 nitrogen and oxygen atoms in total. The molecule has 2 heterocycles. The van der Waals surface area contributed by atoms with Gasteiger partial charge in [-0.25, -0.2) is 9.97 Å². The second-order valence-corrected chi connectivity index (χ2v) is 6.44. The molecule has 2 aliphatic rings. The number of carbonyl (C=O) groups excluding carboxylic acids is 2. The maximum absolute atomic E-state index is 12.3. The zero-order valence-corrected chi connectivity index (χ0v) is 14.5. The van der Waals surface area contributed by atoms with Crippen LogP contribution in [0.2, 0.25) is 0 Å². The van der Waals surface area contributed by atoms with Crippen LogP contribution in [0, 0.1) is 0 Å². The van der Waals surface area contributed by atoms with Crippen molar-refractivity contribution in [3.05, 3.63) is 30.1 Å². The standard InChI is InChI=1S/C18H25N5O2/c24-16(19-10-7-15-5-2-1-3-6-15)17(25)22-11-13-23(14-12-22)18-20-8-4-9-21-18/h4-5,8-9H,1-3,6-7,10-14H2,(H,19,24). The first kappa shape index (κ1) is 17.4. The van der Waals surface area contributed by atoms with Crippen molar-refractivity contribution in [2.24, 2.45) is 0 Å². The fourth-order valence-corrected chi connectivity index (χ4v) is 3.25. The molecule has 1 N–H and O–H groups in total. The monoisotopic (exact) mass is 343 g/mol. The van der Waals surface area contributed by atoms with Crippen LogP contribution in [0.3, 0.4) is 0 Å². The lowest BCUT2D eigenvalue weighted by molar-refractivity contribution is -0.146. The Morgan fingerprint density at radius 3 is 2.52 bits per heavy atom. The average Bonchev–Trinajstić information content (AvgIpc) is 2.69. The number of piperazine rings is 1. The lowest BCUT2D eigenvalue weighted by Crippen LogP contribution is -2.53. The van der Waals surface area contributed by atoms with Gasteiger partial charge in [0.25, 0.3) is 0 Å². The van der Waals surface area contributed by atoms with Crippen molar-refractivity contribution < 1.29 is 9.59 Å². The normalized spacial score (nSPS) is 17.8. The summed E-state index contributed by atoms with van der Waals surface area (Å²) in [4.78, 5) is 36.4. The molecule has 1 saturated heterocycles. The summed E-state index contributed by atoms with van der Waals surface area (Å²) in [5.74, 6) is -0.271. The van der Waals surface area contributed by atoms with E-state index < -0.39 is 11.8 Å². The van der Waals surface area contributed by atoms with Crippen LogP contribution in [0.5, 0.6) is 0 Å².